The second-order valence-electron chi connectivity index (χ2n) is 5.05. The van der Waals surface area contributed by atoms with Gasteiger partial charge in [0.15, 0.2) is 11.4 Å². The summed E-state index contributed by atoms with van der Waals surface area (Å²) in [7, 11) is 0. The summed E-state index contributed by atoms with van der Waals surface area (Å²) < 4.78 is 5.75. The maximum Gasteiger partial charge on any atom is 0.358 e. The molecule has 2 rings (SSSR count). The van der Waals surface area contributed by atoms with Crippen molar-refractivity contribution in [3.63, 3.8) is 0 Å². The smallest absolute Gasteiger partial charge is 0.358 e. The Balaban J connectivity index is 2.45. The van der Waals surface area contributed by atoms with Crippen LogP contribution in [0.1, 0.15) is 41.4 Å². The van der Waals surface area contributed by atoms with Crippen LogP contribution in [0.5, 0.6) is 11.5 Å². The highest BCUT2D eigenvalue weighted by atomic mass is 35.5. The van der Waals surface area contributed by atoms with E-state index in [0.717, 1.165) is 11.1 Å². The highest BCUT2D eigenvalue weighted by Crippen LogP contribution is 2.34. The Morgan fingerprint density at radius 1 is 1.33 bits per heavy atom. The van der Waals surface area contributed by atoms with E-state index >= 15 is 0 Å². The molecule has 0 aliphatic heterocycles. The van der Waals surface area contributed by atoms with Gasteiger partial charge in [-0.05, 0) is 48.2 Å². The summed E-state index contributed by atoms with van der Waals surface area (Å²) in [5, 5.41) is 9.82. The number of benzene rings is 1. The van der Waals surface area contributed by atoms with Crippen molar-refractivity contribution in [3.05, 3.63) is 52.3 Å². The van der Waals surface area contributed by atoms with Crippen molar-refractivity contribution in [2.45, 2.75) is 26.7 Å². The molecule has 2 aromatic rings. The Labute approximate surface area is 128 Å². The molecular formula is C16H16ClNO3. The number of ether oxygens (including phenoxy) is 1. The van der Waals surface area contributed by atoms with E-state index in [0.29, 0.717) is 10.8 Å². The normalized spacial score (nSPS) is 10.7. The van der Waals surface area contributed by atoms with Crippen molar-refractivity contribution in [2.24, 2.45) is 0 Å². The van der Waals surface area contributed by atoms with Crippen molar-refractivity contribution in [3.8, 4) is 11.5 Å². The molecule has 110 valence electrons. The van der Waals surface area contributed by atoms with Gasteiger partial charge in [-0.3, -0.25) is 0 Å². The fourth-order valence-electron chi connectivity index (χ4n) is 1.97. The molecule has 21 heavy (non-hydrogen) atoms. The highest BCUT2D eigenvalue weighted by Gasteiger charge is 2.16. The molecule has 0 aliphatic rings. The maximum absolute atomic E-state index is 11.2. The minimum atomic E-state index is -1.12. The van der Waals surface area contributed by atoms with Crippen molar-refractivity contribution >= 4 is 17.6 Å². The van der Waals surface area contributed by atoms with Gasteiger partial charge < -0.3 is 9.84 Å². The third kappa shape index (κ3) is 3.34. The number of hydrogen-bond acceptors (Lipinski definition) is 3. The molecule has 5 heteroatoms. The fraction of sp³-hybridized carbons (Fsp3) is 0.250. The minimum Gasteiger partial charge on any atom is -0.476 e. The van der Waals surface area contributed by atoms with Gasteiger partial charge in [0, 0.05) is 11.2 Å². The third-order valence-electron chi connectivity index (χ3n) is 3.11. The number of nitrogens with zero attached hydrogens (tertiary/aromatic N) is 1. The van der Waals surface area contributed by atoms with Crippen LogP contribution in [-0.4, -0.2) is 16.1 Å². The summed E-state index contributed by atoms with van der Waals surface area (Å²) >= 11 is 6.22. The molecule has 0 atom stereocenters. The number of hydrogen-bond donors (Lipinski definition) is 1. The Morgan fingerprint density at radius 2 is 2.05 bits per heavy atom. The van der Waals surface area contributed by atoms with Gasteiger partial charge in [-0.2, -0.15) is 0 Å². The molecule has 0 fully saturated rings. The molecule has 0 aliphatic carbocycles. The number of rotatable bonds is 4. The van der Waals surface area contributed by atoms with Crippen molar-refractivity contribution < 1.29 is 14.6 Å². The summed E-state index contributed by atoms with van der Waals surface area (Å²) in [6.07, 6.45) is 1.42. The molecule has 0 spiro atoms. The monoisotopic (exact) mass is 305 g/mol. The maximum atomic E-state index is 11.2. The van der Waals surface area contributed by atoms with Gasteiger partial charge >= 0.3 is 5.97 Å². The standard InChI is InChI=1S/C16H16ClNO3/c1-9(2)11-8-14(10(3)7-12(11)17)21-13-5-4-6-18-15(13)16(19)20/h4-9H,1-3H3,(H,19,20). The van der Waals surface area contributed by atoms with Gasteiger partial charge in [0.25, 0.3) is 0 Å². The van der Waals surface area contributed by atoms with Crippen LogP contribution in [0.2, 0.25) is 5.02 Å². The van der Waals surface area contributed by atoms with Crippen molar-refractivity contribution in [1.82, 2.24) is 4.98 Å². The second-order valence-corrected chi connectivity index (χ2v) is 5.46. The number of carbonyl (C=O) groups is 1. The van der Waals surface area contributed by atoms with Gasteiger partial charge in [-0.15, -0.1) is 0 Å². The van der Waals surface area contributed by atoms with E-state index in [1.54, 1.807) is 12.1 Å². The Bertz CT molecular complexity index is 683. The van der Waals surface area contributed by atoms with Crippen LogP contribution in [-0.2, 0) is 0 Å². The van der Waals surface area contributed by atoms with Gasteiger partial charge in [-0.1, -0.05) is 25.4 Å². The van der Waals surface area contributed by atoms with Gasteiger partial charge in [0.1, 0.15) is 5.75 Å². The summed E-state index contributed by atoms with van der Waals surface area (Å²) in [6, 6.07) is 6.89. The molecule has 1 heterocycles. The first-order valence-electron chi connectivity index (χ1n) is 6.56. The fourth-order valence-corrected chi connectivity index (χ4v) is 2.41. The number of aromatic carboxylic acids is 1. The molecule has 1 aromatic heterocycles. The lowest BCUT2D eigenvalue weighted by Gasteiger charge is -2.15. The molecule has 1 N–H and O–H groups in total. The lowest BCUT2D eigenvalue weighted by atomic mass is 10.0. The van der Waals surface area contributed by atoms with Crippen molar-refractivity contribution in [2.75, 3.05) is 0 Å². The van der Waals surface area contributed by atoms with E-state index in [9.17, 15) is 4.79 Å². The topological polar surface area (TPSA) is 59.4 Å². The summed E-state index contributed by atoms with van der Waals surface area (Å²) in [6.45, 7) is 5.93. The number of pyridine rings is 1. The molecule has 0 saturated carbocycles. The van der Waals surface area contributed by atoms with Crippen LogP contribution in [0.4, 0.5) is 0 Å². The first kappa shape index (κ1) is 15.3. The zero-order valence-corrected chi connectivity index (χ0v) is 12.8. The second kappa shape index (κ2) is 6.14. The first-order valence-corrected chi connectivity index (χ1v) is 6.94. The molecule has 1 aromatic carbocycles. The number of carboxylic acids is 1. The molecule has 0 amide bonds. The van der Waals surface area contributed by atoms with Crippen LogP contribution in [0, 0.1) is 6.92 Å². The summed E-state index contributed by atoms with van der Waals surface area (Å²) in [4.78, 5) is 15.0. The van der Waals surface area contributed by atoms with E-state index < -0.39 is 5.97 Å². The SMILES string of the molecule is Cc1cc(Cl)c(C(C)C)cc1Oc1cccnc1C(=O)O. The van der Waals surface area contributed by atoms with E-state index in [1.807, 2.05) is 32.9 Å². The first-order chi connectivity index (χ1) is 9.90. The quantitative estimate of drug-likeness (QED) is 0.892. The highest BCUT2D eigenvalue weighted by molar-refractivity contribution is 6.31. The van der Waals surface area contributed by atoms with Gasteiger partial charge in [-0.25, -0.2) is 9.78 Å². The Hall–Kier alpha value is -2.07. The minimum absolute atomic E-state index is 0.113. The molecule has 0 bridgehead atoms. The Kier molecular flexibility index (Phi) is 4.48. The number of halogens is 1. The largest absolute Gasteiger partial charge is 0.476 e. The summed E-state index contributed by atoms with van der Waals surface area (Å²) in [5.74, 6) is -0.0849. The number of aryl methyl sites for hydroxylation is 1. The van der Waals surface area contributed by atoms with Gasteiger partial charge in [0.2, 0.25) is 0 Å². The van der Waals surface area contributed by atoms with Crippen LogP contribution < -0.4 is 4.74 Å². The predicted octanol–water partition coefficient (Wildman–Crippen LogP) is 4.66. The van der Waals surface area contributed by atoms with E-state index in [1.165, 1.54) is 6.20 Å². The molecule has 4 nitrogen and oxygen atoms in total. The van der Waals surface area contributed by atoms with Gasteiger partial charge in [0.05, 0.1) is 0 Å². The zero-order chi connectivity index (χ0) is 15.6. The molecule has 0 unspecified atom stereocenters. The van der Waals surface area contributed by atoms with Crippen molar-refractivity contribution in [1.29, 1.82) is 0 Å². The number of aromatic nitrogens is 1. The summed E-state index contributed by atoms with van der Waals surface area (Å²) in [5.41, 5.74) is 1.68. The van der Waals surface area contributed by atoms with E-state index in [4.69, 9.17) is 21.4 Å². The Morgan fingerprint density at radius 3 is 2.67 bits per heavy atom. The third-order valence-corrected chi connectivity index (χ3v) is 3.44. The van der Waals surface area contributed by atoms with Crippen LogP contribution in [0.15, 0.2) is 30.5 Å². The predicted molar refractivity (Wildman–Crippen MR) is 81.5 cm³/mol. The van der Waals surface area contributed by atoms with E-state index in [-0.39, 0.29) is 17.4 Å². The lowest BCUT2D eigenvalue weighted by Crippen LogP contribution is -2.03. The van der Waals surface area contributed by atoms with Crippen LogP contribution >= 0.6 is 11.6 Å². The lowest BCUT2D eigenvalue weighted by molar-refractivity contribution is 0.0687. The average molecular weight is 306 g/mol. The molecule has 0 radical (unpaired) electrons. The van der Waals surface area contributed by atoms with E-state index in [2.05, 4.69) is 4.98 Å². The average Bonchev–Trinajstić information content (AvgIpc) is 2.41. The van der Waals surface area contributed by atoms with Crippen LogP contribution in [0.3, 0.4) is 0 Å². The number of carboxylic acid groups (broad SMARTS) is 1. The zero-order valence-electron chi connectivity index (χ0n) is 12.1. The molecular weight excluding hydrogens is 290 g/mol. The molecule has 0 saturated heterocycles. The van der Waals surface area contributed by atoms with Crippen LogP contribution in [0.25, 0.3) is 0 Å².